The molecule has 37 heavy (non-hydrogen) atoms. The molecule has 0 atom stereocenters. The summed E-state index contributed by atoms with van der Waals surface area (Å²) in [5, 5.41) is 2.25. The summed E-state index contributed by atoms with van der Waals surface area (Å²) in [5.74, 6) is 0. The minimum Gasteiger partial charge on any atom is -0.326 e. The lowest BCUT2D eigenvalue weighted by molar-refractivity contribution is 0.593. The second-order valence-corrected chi connectivity index (χ2v) is 15.2. The lowest BCUT2D eigenvalue weighted by atomic mass is 10.5. The fourth-order valence-corrected chi connectivity index (χ4v) is 8.41. The Morgan fingerprint density at radius 1 is 0.676 bits per heavy atom. The van der Waals surface area contributed by atoms with E-state index in [1.807, 2.05) is 6.92 Å². The molecule has 0 aliphatic rings. The van der Waals surface area contributed by atoms with Crippen LogP contribution in [0.15, 0.2) is 109 Å². The van der Waals surface area contributed by atoms with E-state index in [0.29, 0.717) is 10.8 Å². The molecular weight excluding hydrogens is 567 g/mol. The van der Waals surface area contributed by atoms with Gasteiger partial charge in [-0.05, 0) is 73.8 Å². The largest absolute Gasteiger partial charge is 0.326 e. The van der Waals surface area contributed by atoms with Crippen molar-refractivity contribution in [1.29, 1.82) is 0 Å². The number of aromatic nitrogens is 2. The van der Waals surface area contributed by atoms with Gasteiger partial charge in [-0.1, -0.05) is 18.2 Å². The Kier molecular flexibility index (Phi) is 10.3. The van der Waals surface area contributed by atoms with Crippen molar-refractivity contribution in [1.82, 2.24) is 9.97 Å². The molecule has 2 N–H and O–H groups in total. The average Bonchev–Trinajstić information content (AvgIpc) is 3.68. The molecule has 0 saturated carbocycles. The van der Waals surface area contributed by atoms with Gasteiger partial charge in [0.15, 0.2) is 10.1 Å². The first kappa shape index (κ1) is 28.8. The third-order valence-corrected chi connectivity index (χ3v) is 11.8. The van der Waals surface area contributed by atoms with Crippen molar-refractivity contribution < 1.29 is 16.8 Å². The van der Waals surface area contributed by atoms with Crippen molar-refractivity contribution in [2.75, 3.05) is 0 Å². The van der Waals surface area contributed by atoms with E-state index in [1.165, 1.54) is 52.1 Å². The van der Waals surface area contributed by atoms with Gasteiger partial charge in [0.2, 0.25) is 19.7 Å². The highest BCUT2D eigenvalue weighted by atomic mass is 32.2. The molecule has 0 fully saturated rings. The molecule has 5 aromatic rings. The first-order valence-corrected chi connectivity index (χ1v) is 16.3. The van der Waals surface area contributed by atoms with Gasteiger partial charge in [0, 0.05) is 33.6 Å². The van der Waals surface area contributed by atoms with Crippen LogP contribution < -0.4 is 5.73 Å². The Morgan fingerprint density at radius 2 is 1.24 bits per heavy atom. The van der Waals surface area contributed by atoms with E-state index in [0.717, 1.165) is 9.75 Å². The Balaban J connectivity index is 0.000000169. The molecule has 0 amide bonds. The fourth-order valence-electron chi connectivity index (χ4n) is 2.75. The standard InChI is InChI=1S/C10H10N2O2S2.C10H9NO2S2.C5H6S/c11-7-8-4-5-10(15-8)16(13,14)9-3-1-2-6-12-9;1-8-5-6-10(14-8)15(12,13)9-4-2-3-7-11-9;1-5-3-2-4-6-5/h1-6H,7,11H2;2-7H,1H3;2-4H,1H3. The normalized spacial score (nSPS) is 11.1. The molecule has 12 heteroatoms. The molecule has 5 heterocycles. The summed E-state index contributed by atoms with van der Waals surface area (Å²) >= 11 is 4.22. The predicted octanol–water partition coefficient (Wildman–Crippen LogP) is 5.78. The Hall–Kier alpha value is -2.74. The van der Waals surface area contributed by atoms with Crippen LogP contribution in [0.2, 0.25) is 0 Å². The van der Waals surface area contributed by atoms with Gasteiger partial charge < -0.3 is 5.73 Å². The van der Waals surface area contributed by atoms with E-state index in [4.69, 9.17) is 5.73 Å². The first-order valence-electron chi connectivity index (χ1n) is 10.8. The van der Waals surface area contributed by atoms with Crippen molar-refractivity contribution in [2.45, 2.75) is 38.9 Å². The number of thiophene rings is 3. The number of pyridine rings is 2. The molecule has 0 aliphatic carbocycles. The molecule has 5 aromatic heterocycles. The second kappa shape index (κ2) is 13.2. The van der Waals surface area contributed by atoms with Gasteiger partial charge >= 0.3 is 0 Å². The predicted molar refractivity (Wildman–Crippen MR) is 150 cm³/mol. The van der Waals surface area contributed by atoms with Crippen molar-refractivity contribution >= 4 is 53.7 Å². The Labute approximate surface area is 229 Å². The zero-order valence-corrected chi connectivity index (χ0v) is 24.1. The number of nitrogens with two attached hydrogens (primary N) is 1. The van der Waals surface area contributed by atoms with Crippen LogP contribution in [0, 0.1) is 13.8 Å². The molecule has 0 unspecified atom stereocenters. The maximum absolute atomic E-state index is 12.1. The number of hydrogen-bond donors (Lipinski definition) is 1. The number of nitrogens with zero attached hydrogens (tertiary/aromatic N) is 2. The summed E-state index contributed by atoms with van der Waals surface area (Å²) in [6.45, 7) is 4.33. The first-order chi connectivity index (χ1) is 17.6. The lowest BCUT2D eigenvalue weighted by Gasteiger charge is -1.99. The van der Waals surface area contributed by atoms with E-state index in [1.54, 1.807) is 59.9 Å². The van der Waals surface area contributed by atoms with Gasteiger partial charge in [-0.2, -0.15) is 0 Å². The SMILES string of the molecule is Cc1ccc(S(=O)(=O)c2ccccn2)s1.Cc1cccs1.NCc1ccc(S(=O)(=O)c2ccccn2)s1. The second-order valence-electron chi connectivity index (χ2n) is 7.36. The molecule has 0 bridgehead atoms. The fraction of sp³-hybridized carbons (Fsp3) is 0.120. The minimum absolute atomic E-state index is 0.0698. The van der Waals surface area contributed by atoms with Crippen LogP contribution >= 0.6 is 34.0 Å². The van der Waals surface area contributed by atoms with Crippen LogP contribution in [0.4, 0.5) is 0 Å². The highest BCUT2D eigenvalue weighted by molar-refractivity contribution is 7.93. The topological polar surface area (TPSA) is 120 Å². The highest BCUT2D eigenvalue weighted by Gasteiger charge is 2.21. The average molecular weight is 592 g/mol. The van der Waals surface area contributed by atoms with E-state index >= 15 is 0 Å². The molecular formula is C25H25N3O4S5. The van der Waals surface area contributed by atoms with Gasteiger partial charge in [0.1, 0.15) is 8.42 Å². The van der Waals surface area contributed by atoms with Crippen LogP contribution in [0.1, 0.15) is 14.6 Å². The molecule has 0 aliphatic heterocycles. The van der Waals surface area contributed by atoms with Gasteiger partial charge in [-0.25, -0.2) is 26.8 Å². The van der Waals surface area contributed by atoms with Crippen molar-refractivity contribution in [3.8, 4) is 0 Å². The molecule has 0 aromatic carbocycles. The summed E-state index contributed by atoms with van der Waals surface area (Å²) in [6.07, 6.45) is 2.94. The third-order valence-electron chi connectivity index (χ3n) is 4.57. The number of rotatable bonds is 5. The summed E-state index contributed by atoms with van der Waals surface area (Å²) in [6, 6.07) is 20.5. The van der Waals surface area contributed by atoms with Crippen LogP contribution in [-0.2, 0) is 26.2 Å². The van der Waals surface area contributed by atoms with Gasteiger partial charge in [0.25, 0.3) is 0 Å². The van der Waals surface area contributed by atoms with E-state index in [9.17, 15) is 16.8 Å². The molecule has 7 nitrogen and oxygen atoms in total. The Morgan fingerprint density at radius 3 is 1.59 bits per heavy atom. The van der Waals surface area contributed by atoms with E-state index in [-0.39, 0.29) is 14.3 Å². The monoisotopic (exact) mass is 591 g/mol. The third kappa shape index (κ3) is 7.87. The molecule has 0 spiro atoms. The maximum Gasteiger partial charge on any atom is 0.233 e. The molecule has 5 rings (SSSR count). The van der Waals surface area contributed by atoms with Crippen LogP contribution in [-0.4, -0.2) is 26.8 Å². The molecule has 194 valence electrons. The summed E-state index contributed by atoms with van der Waals surface area (Å²) < 4.78 is 48.8. The van der Waals surface area contributed by atoms with E-state index < -0.39 is 19.7 Å². The highest BCUT2D eigenvalue weighted by Crippen LogP contribution is 2.27. The van der Waals surface area contributed by atoms with Gasteiger partial charge in [-0.3, -0.25) is 0 Å². The van der Waals surface area contributed by atoms with Crippen LogP contribution in [0.3, 0.4) is 0 Å². The maximum atomic E-state index is 12.1. The van der Waals surface area contributed by atoms with Gasteiger partial charge in [0.05, 0.1) is 0 Å². The summed E-state index contributed by atoms with van der Waals surface area (Å²) in [5.41, 5.74) is 5.45. The summed E-state index contributed by atoms with van der Waals surface area (Å²) in [7, 11) is -6.89. The zero-order chi connectivity index (χ0) is 26.9. The Bertz CT molecular complexity index is 1600. The van der Waals surface area contributed by atoms with Crippen molar-refractivity contribution in [3.63, 3.8) is 0 Å². The van der Waals surface area contributed by atoms with Crippen molar-refractivity contribution in [2.24, 2.45) is 5.73 Å². The quantitative estimate of drug-likeness (QED) is 0.275. The van der Waals surface area contributed by atoms with E-state index in [2.05, 4.69) is 34.4 Å². The number of sulfone groups is 2. The minimum atomic E-state index is -3.48. The zero-order valence-electron chi connectivity index (χ0n) is 20.0. The van der Waals surface area contributed by atoms with Crippen LogP contribution in [0.25, 0.3) is 0 Å². The van der Waals surface area contributed by atoms with Crippen LogP contribution in [0.5, 0.6) is 0 Å². The summed E-state index contributed by atoms with van der Waals surface area (Å²) in [4.78, 5) is 10.9. The van der Waals surface area contributed by atoms with Gasteiger partial charge in [-0.15, -0.1) is 34.0 Å². The number of aryl methyl sites for hydroxylation is 2. The molecule has 0 radical (unpaired) electrons. The smallest absolute Gasteiger partial charge is 0.233 e. The lowest BCUT2D eigenvalue weighted by Crippen LogP contribution is -2.01. The number of hydrogen-bond acceptors (Lipinski definition) is 10. The van der Waals surface area contributed by atoms with Crippen molar-refractivity contribution in [3.05, 3.63) is 105 Å². The molecule has 0 saturated heterocycles.